The highest BCUT2D eigenvalue weighted by Gasteiger charge is 2.21. The minimum absolute atomic E-state index is 0.180. The number of pyridine rings is 1. The largest absolute Gasteiger partial charge is 0.368 e. The molecule has 0 aliphatic rings. The van der Waals surface area contributed by atoms with Gasteiger partial charge in [0.1, 0.15) is 11.9 Å². The van der Waals surface area contributed by atoms with Crippen LogP contribution >= 0.6 is 0 Å². The third-order valence-electron chi connectivity index (χ3n) is 3.88. The first-order valence-electron chi connectivity index (χ1n) is 7.73. The number of aromatic nitrogens is 1. The molecule has 25 heavy (non-hydrogen) atoms. The molecule has 0 aliphatic carbocycles. The Hall–Kier alpha value is -3.28. The molecule has 6 heteroatoms. The molecule has 0 saturated carbocycles. The minimum atomic E-state index is -0.906. The van der Waals surface area contributed by atoms with Crippen LogP contribution in [-0.4, -0.2) is 22.8 Å². The molecule has 0 saturated heterocycles. The van der Waals surface area contributed by atoms with E-state index >= 15 is 0 Å². The number of benzene rings is 2. The van der Waals surface area contributed by atoms with Gasteiger partial charge in [-0.25, -0.2) is 4.39 Å². The molecular weight excluding hydrogens is 321 g/mol. The summed E-state index contributed by atoms with van der Waals surface area (Å²) >= 11 is 0. The second kappa shape index (κ2) is 7.09. The first kappa shape index (κ1) is 16.6. The zero-order chi connectivity index (χ0) is 17.8. The predicted octanol–water partition coefficient (Wildman–Crippen LogP) is 2.20. The maximum absolute atomic E-state index is 13.0. The fourth-order valence-corrected chi connectivity index (χ4v) is 2.60. The van der Waals surface area contributed by atoms with Crippen LogP contribution < -0.4 is 11.1 Å². The van der Waals surface area contributed by atoms with E-state index in [4.69, 9.17) is 5.73 Å². The van der Waals surface area contributed by atoms with Crippen molar-refractivity contribution in [2.45, 2.75) is 12.5 Å². The number of amides is 2. The van der Waals surface area contributed by atoms with Crippen LogP contribution in [0.25, 0.3) is 10.9 Å². The Bertz CT molecular complexity index is 920. The average Bonchev–Trinajstić information content (AvgIpc) is 2.62. The lowest BCUT2D eigenvalue weighted by atomic mass is 10.0. The molecule has 0 radical (unpaired) electrons. The number of rotatable bonds is 5. The maximum Gasteiger partial charge on any atom is 0.254 e. The smallest absolute Gasteiger partial charge is 0.254 e. The summed E-state index contributed by atoms with van der Waals surface area (Å²) in [5.41, 5.74) is 7.02. The van der Waals surface area contributed by atoms with Gasteiger partial charge in [0.2, 0.25) is 5.91 Å². The molecule has 1 aromatic heterocycles. The summed E-state index contributed by atoms with van der Waals surface area (Å²) in [6.45, 7) is 0. The third kappa shape index (κ3) is 3.80. The minimum Gasteiger partial charge on any atom is -0.368 e. The molecule has 3 aromatic rings. The number of hydrogen-bond donors (Lipinski definition) is 2. The van der Waals surface area contributed by atoms with Crippen molar-refractivity contribution in [3.05, 3.63) is 77.7 Å². The van der Waals surface area contributed by atoms with Gasteiger partial charge in [0.15, 0.2) is 0 Å². The van der Waals surface area contributed by atoms with Crippen molar-refractivity contribution in [2.75, 3.05) is 0 Å². The highest BCUT2D eigenvalue weighted by molar-refractivity contribution is 6.06. The number of halogens is 1. The summed E-state index contributed by atoms with van der Waals surface area (Å²) < 4.78 is 13.0. The molecule has 0 bridgehead atoms. The van der Waals surface area contributed by atoms with Crippen LogP contribution in [0.5, 0.6) is 0 Å². The first-order valence-corrected chi connectivity index (χ1v) is 7.73. The molecular formula is C19H16FN3O2. The van der Waals surface area contributed by atoms with Gasteiger partial charge < -0.3 is 11.1 Å². The number of carbonyl (C=O) groups excluding carboxylic acids is 2. The van der Waals surface area contributed by atoms with Gasteiger partial charge in [-0.1, -0.05) is 30.3 Å². The summed E-state index contributed by atoms with van der Waals surface area (Å²) in [5, 5.41) is 3.46. The maximum atomic E-state index is 13.0. The zero-order valence-electron chi connectivity index (χ0n) is 13.3. The summed E-state index contributed by atoms with van der Waals surface area (Å²) in [7, 11) is 0. The number of nitrogens with one attached hydrogen (secondary N) is 1. The van der Waals surface area contributed by atoms with E-state index < -0.39 is 17.9 Å². The summed E-state index contributed by atoms with van der Waals surface area (Å²) in [5.74, 6) is -1.47. The average molecular weight is 337 g/mol. The van der Waals surface area contributed by atoms with Crippen LogP contribution in [0.3, 0.4) is 0 Å². The van der Waals surface area contributed by atoms with Gasteiger partial charge in [0.25, 0.3) is 5.91 Å². The van der Waals surface area contributed by atoms with E-state index in [0.29, 0.717) is 16.6 Å². The number of primary amides is 1. The molecule has 3 rings (SSSR count). The third-order valence-corrected chi connectivity index (χ3v) is 3.88. The van der Waals surface area contributed by atoms with Crippen molar-refractivity contribution in [1.29, 1.82) is 0 Å². The Labute approximate surface area is 143 Å². The molecule has 1 heterocycles. The Balaban J connectivity index is 1.83. The second-order valence-corrected chi connectivity index (χ2v) is 5.64. The lowest BCUT2D eigenvalue weighted by Gasteiger charge is -2.16. The van der Waals surface area contributed by atoms with E-state index in [2.05, 4.69) is 10.3 Å². The van der Waals surface area contributed by atoms with Crippen LogP contribution in [0.4, 0.5) is 4.39 Å². The summed E-state index contributed by atoms with van der Waals surface area (Å²) in [6, 6.07) is 13.7. The normalized spacial score (nSPS) is 11.9. The highest BCUT2D eigenvalue weighted by atomic mass is 19.1. The van der Waals surface area contributed by atoms with E-state index in [1.165, 1.54) is 12.1 Å². The van der Waals surface area contributed by atoms with E-state index in [0.717, 1.165) is 5.39 Å². The fraction of sp³-hybridized carbons (Fsp3) is 0.105. The molecule has 1 atom stereocenters. The fourth-order valence-electron chi connectivity index (χ4n) is 2.60. The van der Waals surface area contributed by atoms with Gasteiger partial charge in [-0.05, 0) is 29.8 Å². The number of carbonyl (C=O) groups is 2. The Kier molecular flexibility index (Phi) is 4.70. The van der Waals surface area contributed by atoms with E-state index in [1.54, 1.807) is 36.5 Å². The predicted molar refractivity (Wildman–Crippen MR) is 92.3 cm³/mol. The topological polar surface area (TPSA) is 85.1 Å². The van der Waals surface area contributed by atoms with Gasteiger partial charge in [0, 0.05) is 18.0 Å². The summed E-state index contributed by atoms with van der Waals surface area (Å²) in [4.78, 5) is 28.5. The number of para-hydroxylation sites is 1. The van der Waals surface area contributed by atoms with Crippen molar-refractivity contribution in [1.82, 2.24) is 10.3 Å². The van der Waals surface area contributed by atoms with Crippen LogP contribution in [0.1, 0.15) is 15.9 Å². The molecule has 2 aromatic carbocycles. The highest BCUT2D eigenvalue weighted by Crippen LogP contribution is 2.16. The van der Waals surface area contributed by atoms with Gasteiger partial charge in [-0.15, -0.1) is 0 Å². The molecule has 2 amide bonds. The van der Waals surface area contributed by atoms with Gasteiger partial charge in [-0.2, -0.15) is 0 Å². The van der Waals surface area contributed by atoms with Crippen molar-refractivity contribution in [3.8, 4) is 0 Å². The van der Waals surface area contributed by atoms with E-state index in [1.807, 2.05) is 12.1 Å². The van der Waals surface area contributed by atoms with Crippen molar-refractivity contribution >= 4 is 22.7 Å². The number of nitrogens with two attached hydrogens (primary N) is 1. The molecule has 3 N–H and O–H groups in total. The summed E-state index contributed by atoms with van der Waals surface area (Å²) in [6.07, 6.45) is 1.78. The van der Waals surface area contributed by atoms with Crippen LogP contribution in [0, 0.1) is 5.82 Å². The molecule has 126 valence electrons. The van der Waals surface area contributed by atoms with Gasteiger partial charge >= 0.3 is 0 Å². The molecule has 0 fully saturated rings. The number of hydrogen-bond acceptors (Lipinski definition) is 3. The lowest BCUT2D eigenvalue weighted by molar-refractivity contribution is -0.119. The number of fused-ring (bicyclic) bond motifs is 1. The van der Waals surface area contributed by atoms with Gasteiger partial charge in [-0.3, -0.25) is 14.6 Å². The Morgan fingerprint density at radius 2 is 1.80 bits per heavy atom. The Morgan fingerprint density at radius 3 is 2.52 bits per heavy atom. The molecule has 0 aliphatic heterocycles. The molecule has 0 spiro atoms. The number of nitrogens with zero attached hydrogens (tertiary/aromatic N) is 1. The Morgan fingerprint density at radius 1 is 1.08 bits per heavy atom. The lowest BCUT2D eigenvalue weighted by Crippen LogP contribution is -2.45. The van der Waals surface area contributed by atoms with Crippen LogP contribution in [0.2, 0.25) is 0 Å². The zero-order valence-corrected chi connectivity index (χ0v) is 13.3. The van der Waals surface area contributed by atoms with Gasteiger partial charge in [0.05, 0.1) is 11.1 Å². The molecule has 0 unspecified atom stereocenters. The quantitative estimate of drug-likeness (QED) is 0.748. The van der Waals surface area contributed by atoms with Crippen molar-refractivity contribution in [2.24, 2.45) is 5.73 Å². The van der Waals surface area contributed by atoms with E-state index in [-0.39, 0.29) is 12.2 Å². The molecule has 5 nitrogen and oxygen atoms in total. The van der Waals surface area contributed by atoms with Crippen LogP contribution in [0.15, 0.2) is 60.8 Å². The second-order valence-electron chi connectivity index (χ2n) is 5.64. The van der Waals surface area contributed by atoms with Crippen molar-refractivity contribution in [3.63, 3.8) is 0 Å². The SMILES string of the molecule is NC(=O)[C@H](Cc1ccc(F)cc1)NC(=O)c1cccc2cccnc12. The van der Waals surface area contributed by atoms with E-state index in [9.17, 15) is 14.0 Å². The first-order chi connectivity index (χ1) is 12.0. The van der Waals surface area contributed by atoms with Crippen LogP contribution in [-0.2, 0) is 11.2 Å². The van der Waals surface area contributed by atoms with Crippen molar-refractivity contribution < 1.29 is 14.0 Å². The standard InChI is InChI=1S/C19H16FN3O2/c20-14-8-6-12(7-9-14)11-16(18(21)24)23-19(25)15-5-1-3-13-4-2-10-22-17(13)15/h1-10,16H,11H2,(H2,21,24)(H,23,25)/t16-/m0/s1. The monoisotopic (exact) mass is 337 g/mol.